The zero-order valence-corrected chi connectivity index (χ0v) is 9.21. The lowest BCUT2D eigenvalue weighted by atomic mass is 9.85. The number of hydrogen-bond acceptors (Lipinski definition) is 3. The lowest BCUT2D eigenvalue weighted by Gasteiger charge is -2.35. The third-order valence-electron chi connectivity index (χ3n) is 2.90. The summed E-state index contributed by atoms with van der Waals surface area (Å²) in [4.78, 5) is 21.7. The maximum atomic E-state index is 12.7. The second-order valence-electron chi connectivity index (χ2n) is 4.18. The highest BCUT2D eigenvalue weighted by atomic mass is 19.4. The van der Waals surface area contributed by atoms with Crippen LogP contribution in [0.2, 0.25) is 0 Å². The van der Waals surface area contributed by atoms with Crippen LogP contribution in [0.5, 0.6) is 0 Å². The molecule has 17 heavy (non-hydrogen) atoms. The fraction of sp³-hybridized carbons (Fsp3) is 0.800. The van der Waals surface area contributed by atoms with Crippen LogP contribution in [0.25, 0.3) is 0 Å². The van der Waals surface area contributed by atoms with Crippen LogP contribution < -0.4 is 0 Å². The quantitative estimate of drug-likeness (QED) is 0.783. The van der Waals surface area contributed by atoms with Crippen molar-refractivity contribution in [1.29, 1.82) is 0 Å². The Morgan fingerprint density at radius 2 is 1.76 bits per heavy atom. The highest BCUT2D eigenvalue weighted by Crippen LogP contribution is 2.46. The minimum absolute atomic E-state index is 0.0664. The predicted octanol–water partition coefficient (Wildman–Crippen LogP) is 2.13. The zero-order valence-electron chi connectivity index (χ0n) is 9.21. The van der Waals surface area contributed by atoms with Gasteiger partial charge >= 0.3 is 18.1 Å². The van der Waals surface area contributed by atoms with E-state index in [2.05, 4.69) is 0 Å². The molecule has 0 aliphatic heterocycles. The lowest BCUT2D eigenvalue weighted by Crippen LogP contribution is -2.51. The molecule has 0 spiro atoms. The van der Waals surface area contributed by atoms with Crippen molar-refractivity contribution >= 4 is 11.9 Å². The van der Waals surface area contributed by atoms with Crippen molar-refractivity contribution in [2.75, 3.05) is 0 Å². The first kappa shape index (κ1) is 13.8. The third-order valence-corrected chi connectivity index (χ3v) is 2.90. The molecule has 0 aromatic carbocycles. The highest BCUT2D eigenvalue weighted by Gasteiger charge is 2.61. The minimum atomic E-state index is -4.92. The number of rotatable bonds is 3. The van der Waals surface area contributed by atoms with E-state index in [-0.39, 0.29) is 12.8 Å². The largest absolute Gasteiger partial charge is 0.481 e. The van der Waals surface area contributed by atoms with E-state index >= 15 is 0 Å². The van der Waals surface area contributed by atoms with Crippen molar-refractivity contribution in [2.45, 2.75) is 44.4 Å². The number of carboxylic acid groups (broad SMARTS) is 1. The maximum absolute atomic E-state index is 12.7. The molecule has 1 rings (SSSR count). The molecule has 0 radical (unpaired) electrons. The predicted molar refractivity (Wildman–Crippen MR) is 50.1 cm³/mol. The highest BCUT2D eigenvalue weighted by molar-refractivity contribution is 5.74. The molecular weight excluding hydrogens is 241 g/mol. The van der Waals surface area contributed by atoms with Gasteiger partial charge in [-0.05, 0) is 25.7 Å². The van der Waals surface area contributed by atoms with Gasteiger partial charge in [-0.3, -0.25) is 9.59 Å². The minimum Gasteiger partial charge on any atom is -0.481 e. The molecule has 0 aromatic heterocycles. The van der Waals surface area contributed by atoms with Gasteiger partial charge in [0, 0.05) is 6.92 Å². The summed E-state index contributed by atoms with van der Waals surface area (Å²) in [6.07, 6.45) is -4.21. The average molecular weight is 254 g/mol. The van der Waals surface area contributed by atoms with Crippen molar-refractivity contribution < 1.29 is 32.6 Å². The molecule has 1 atom stereocenters. The normalized spacial score (nSPS) is 20.9. The van der Waals surface area contributed by atoms with E-state index in [0.717, 1.165) is 6.92 Å². The first-order valence-corrected chi connectivity index (χ1v) is 5.18. The van der Waals surface area contributed by atoms with Crippen LogP contribution in [-0.4, -0.2) is 28.8 Å². The second-order valence-corrected chi connectivity index (χ2v) is 4.18. The molecule has 1 aliphatic carbocycles. The fourth-order valence-corrected chi connectivity index (χ4v) is 2.37. The second kappa shape index (κ2) is 4.54. The first-order valence-electron chi connectivity index (χ1n) is 5.18. The number of aliphatic carboxylic acids is 1. The number of carbonyl (C=O) groups is 2. The van der Waals surface area contributed by atoms with Gasteiger partial charge in [0.25, 0.3) is 0 Å². The van der Waals surface area contributed by atoms with Crippen LogP contribution in [0.1, 0.15) is 32.6 Å². The molecule has 1 fully saturated rings. The van der Waals surface area contributed by atoms with E-state index in [1.54, 1.807) is 0 Å². The van der Waals surface area contributed by atoms with E-state index in [4.69, 9.17) is 9.84 Å². The maximum Gasteiger partial charge on any atom is 0.406 e. The number of esters is 1. The summed E-state index contributed by atoms with van der Waals surface area (Å²) < 4.78 is 42.9. The summed E-state index contributed by atoms with van der Waals surface area (Å²) in [5.74, 6) is -5.54. The Kier molecular flexibility index (Phi) is 3.68. The van der Waals surface area contributed by atoms with Crippen LogP contribution in [0.15, 0.2) is 0 Å². The summed E-state index contributed by atoms with van der Waals surface area (Å²) >= 11 is 0. The molecule has 1 aliphatic rings. The molecule has 1 saturated carbocycles. The summed E-state index contributed by atoms with van der Waals surface area (Å²) in [5.41, 5.74) is -1.93. The van der Waals surface area contributed by atoms with Gasteiger partial charge in [-0.2, -0.15) is 13.2 Å². The standard InChI is InChI=1S/C10H13F3O4/c1-6(14)17-9(4-2-3-5-9)7(8(15)16)10(11,12)13/h7H,2-5H2,1H3,(H,15,16). The molecular formula is C10H13F3O4. The fourth-order valence-electron chi connectivity index (χ4n) is 2.37. The van der Waals surface area contributed by atoms with Crippen LogP contribution in [0.3, 0.4) is 0 Å². The number of alkyl halides is 3. The third kappa shape index (κ3) is 2.89. The van der Waals surface area contributed by atoms with Crippen molar-refractivity contribution in [3.63, 3.8) is 0 Å². The molecule has 4 nitrogen and oxygen atoms in total. The molecule has 0 bridgehead atoms. The van der Waals surface area contributed by atoms with Gasteiger partial charge in [0.05, 0.1) is 0 Å². The molecule has 0 heterocycles. The van der Waals surface area contributed by atoms with E-state index in [9.17, 15) is 22.8 Å². The van der Waals surface area contributed by atoms with Gasteiger partial charge in [-0.15, -0.1) is 0 Å². The topological polar surface area (TPSA) is 63.6 Å². The van der Waals surface area contributed by atoms with Gasteiger partial charge in [-0.1, -0.05) is 0 Å². The SMILES string of the molecule is CC(=O)OC1(C(C(=O)O)C(F)(F)F)CCCC1. The molecule has 98 valence electrons. The number of ether oxygens (including phenoxy) is 1. The van der Waals surface area contributed by atoms with Crippen molar-refractivity contribution in [3.8, 4) is 0 Å². The Hall–Kier alpha value is -1.27. The Labute approximate surface area is 95.7 Å². The summed E-state index contributed by atoms with van der Waals surface area (Å²) in [5, 5.41) is 8.74. The van der Waals surface area contributed by atoms with Crippen molar-refractivity contribution in [1.82, 2.24) is 0 Å². The Balaban J connectivity index is 3.10. The monoisotopic (exact) mass is 254 g/mol. The van der Waals surface area contributed by atoms with E-state index < -0.39 is 29.6 Å². The molecule has 0 saturated heterocycles. The van der Waals surface area contributed by atoms with Crippen LogP contribution in [0.4, 0.5) is 13.2 Å². The molecule has 0 aromatic rings. The van der Waals surface area contributed by atoms with Crippen LogP contribution >= 0.6 is 0 Å². The van der Waals surface area contributed by atoms with E-state index in [1.807, 2.05) is 0 Å². The first-order chi connectivity index (χ1) is 7.69. The Bertz CT molecular complexity index is 318. The van der Waals surface area contributed by atoms with Crippen molar-refractivity contribution in [3.05, 3.63) is 0 Å². The lowest BCUT2D eigenvalue weighted by molar-refractivity contribution is -0.237. The smallest absolute Gasteiger partial charge is 0.406 e. The average Bonchev–Trinajstić information content (AvgIpc) is 2.47. The van der Waals surface area contributed by atoms with Crippen LogP contribution in [-0.2, 0) is 14.3 Å². The molecule has 0 amide bonds. The van der Waals surface area contributed by atoms with E-state index in [1.165, 1.54) is 0 Å². The van der Waals surface area contributed by atoms with Gasteiger partial charge in [0.15, 0.2) is 5.92 Å². The Morgan fingerprint density at radius 1 is 1.29 bits per heavy atom. The van der Waals surface area contributed by atoms with Crippen molar-refractivity contribution in [2.24, 2.45) is 5.92 Å². The molecule has 7 heteroatoms. The summed E-state index contributed by atoms with van der Waals surface area (Å²) in [7, 11) is 0. The number of carbonyl (C=O) groups excluding carboxylic acids is 1. The summed E-state index contributed by atoms with van der Waals surface area (Å²) in [6, 6.07) is 0. The molecule has 1 unspecified atom stereocenters. The zero-order chi connectivity index (χ0) is 13.3. The summed E-state index contributed by atoms with van der Waals surface area (Å²) in [6.45, 7) is 0.982. The van der Waals surface area contributed by atoms with E-state index in [0.29, 0.717) is 12.8 Å². The van der Waals surface area contributed by atoms with Gasteiger partial charge in [-0.25, -0.2) is 0 Å². The Morgan fingerprint density at radius 3 is 2.06 bits per heavy atom. The van der Waals surface area contributed by atoms with Gasteiger partial charge in [0.2, 0.25) is 0 Å². The number of hydrogen-bond donors (Lipinski definition) is 1. The van der Waals surface area contributed by atoms with Gasteiger partial charge < -0.3 is 9.84 Å². The van der Waals surface area contributed by atoms with Gasteiger partial charge in [0.1, 0.15) is 5.60 Å². The molecule has 1 N–H and O–H groups in total. The van der Waals surface area contributed by atoms with Crippen LogP contribution in [0, 0.1) is 5.92 Å². The number of carboxylic acids is 1. The number of halogens is 3.